The zero-order valence-corrected chi connectivity index (χ0v) is 18.5. The van der Waals surface area contributed by atoms with Crippen molar-refractivity contribution >= 4 is 11.6 Å². The Balaban J connectivity index is 1.80. The Hall–Kier alpha value is -3.73. The molecule has 31 heavy (non-hydrogen) atoms. The van der Waals surface area contributed by atoms with Crippen LogP contribution in [-0.4, -0.2) is 20.7 Å². The van der Waals surface area contributed by atoms with Crippen molar-refractivity contribution in [2.45, 2.75) is 34.6 Å². The highest BCUT2D eigenvalue weighted by molar-refractivity contribution is 6.02. The first-order chi connectivity index (χ1) is 14.8. The third kappa shape index (κ3) is 4.26. The van der Waals surface area contributed by atoms with Crippen LogP contribution in [0.5, 0.6) is 0 Å². The molecule has 1 heterocycles. The molecule has 5 nitrogen and oxygen atoms in total. The van der Waals surface area contributed by atoms with E-state index in [2.05, 4.69) is 33.6 Å². The molecule has 1 amide bonds. The molecule has 156 valence electrons. The number of aryl methyl sites for hydroxylation is 5. The number of hydrogen-bond donors (Lipinski definition) is 1. The van der Waals surface area contributed by atoms with E-state index in [0.29, 0.717) is 5.82 Å². The van der Waals surface area contributed by atoms with E-state index in [1.165, 1.54) is 0 Å². The van der Waals surface area contributed by atoms with Gasteiger partial charge in [0.15, 0.2) is 5.82 Å². The van der Waals surface area contributed by atoms with Crippen LogP contribution in [0.25, 0.3) is 17.1 Å². The molecule has 4 rings (SSSR count). The Bertz CT molecular complexity index is 1270. The van der Waals surface area contributed by atoms with Gasteiger partial charge < -0.3 is 5.32 Å². The van der Waals surface area contributed by atoms with Gasteiger partial charge in [0.1, 0.15) is 0 Å². The van der Waals surface area contributed by atoms with Crippen LogP contribution in [0.2, 0.25) is 0 Å². The van der Waals surface area contributed by atoms with Crippen LogP contribution in [0, 0.1) is 34.6 Å². The van der Waals surface area contributed by atoms with Crippen molar-refractivity contribution in [3.63, 3.8) is 0 Å². The van der Waals surface area contributed by atoms with Crippen molar-refractivity contribution in [3.8, 4) is 17.1 Å². The Morgan fingerprint density at radius 1 is 0.774 bits per heavy atom. The molecule has 0 radical (unpaired) electrons. The minimum atomic E-state index is -0.329. The zero-order chi connectivity index (χ0) is 22.1. The quantitative estimate of drug-likeness (QED) is 0.467. The topological polar surface area (TPSA) is 59.8 Å². The molecule has 0 fully saturated rings. The summed E-state index contributed by atoms with van der Waals surface area (Å²) in [6.07, 6.45) is 0. The van der Waals surface area contributed by atoms with Gasteiger partial charge in [0.05, 0.1) is 5.69 Å². The second-order valence-electron chi connectivity index (χ2n) is 8.10. The molecule has 1 aromatic heterocycles. The second kappa shape index (κ2) is 8.19. The fourth-order valence-electron chi connectivity index (χ4n) is 3.55. The van der Waals surface area contributed by atoms with E-state index in [9.17, 15) is 4.79 Å². The predicted octanol–water partition coefficient (Wildman–Crippen LogP) is 5.73. The number of aromatic nitrogens is 3. The molecule has 0 bridgehead atoms. The predicted molar refractivity (Wildman–Crippen MR) is 125 cm³/mol. The van der Waals surface area contributed by atoms with Crippen LogP contribution >= 0.6 is 0 Å². The van der Waals surface area contributed by atoms with Gasteiger partial charge in [0.25, 0.3) is 5.91 Å². The van der Waals surface area contributed by atoms with Gasteiger partial charge in [-0.1, -0.05) is 59.7 Å². The molecule has 1 N–H and O–H groups in total. The number of hydrogen-bond acceptors (Lipinski definition) is 3. The summed E-state index contributed by atoms with van der Waals surface area (Å²) in [4.78, 5) is 17.7. The molecule has 0 saturated heterocycles. The minimum Gasteiger partial charge on any atom is -0.319 e. The first-order valence-corrected chi connectivity index (χ1v) is 10.3. The zero-order valence-electron chi connectivity index (χ0n) is 18.5. The molecule has 3 aromatic carbocycles. The Morgan fingerprint density at radius 2 is 1.42 bits per heavy atom. The average molecular weight is 411 g/mol. The first-order valence-electron chi connectivity index (χ1n) is 10.3. The SMILES string of the molecule is Cc1ccc(-c2nc(C(=O)Nc3ccc(C)cc3C)nn2-c2cc(C)ccc2C)cc1. The lowest BCUT2D eigenvalue weighted by atomic mass is 10.1. The fourth-order valence-corrected chi connectivity index (χ4v) is 3.55. The number of carbonyl (C=O) groups excluding carboxylic acids is 1. The van der Waals surface area contributed by atoms with Crippen LogP contribution in [0.1, 0.15) is 38.4 Å². The standard InChI is InChI=1S/C26H26N4O/c1-16-7-11-21(12-8-16)25-28-24(26(31)27-22-13-9-17(2)14-20(22)5)29-30(25)23-15-18(3)6-10-19(23)4/h6-15H,1-5H3,(H,27,31). The van der Waals surface area contributed by atoms with Gasteiger partial charge in [-0.3, -0.25) is 4.79 Å². The summed E-state index contributed by atoms with van der Waals surface area (Å²) in [5.74, 6) is 0.445. The van der Waals surface area contributed by atoms with Gasteiger partial charge >= 0.3 is 0 Å². The molecule has 0 unspecified atom stereocenters. The van der Waals surface area contributed by atoms with Crippen molar-refractivity contribution in [2.24, 2.45) is 0 Å². The van der Waals surface area contributed by atoms with E-state index >= 15 is 0 Å². The molecule has 0 saturated carbocycles. The molecule has 5 heteroatoms. The maximum absolute atomic E-state index is 13.0. The molecule has 0 atom stereocenters. The van der Waals surface area contributed by atoms with E-state index in [1.807, 2.05) is 77.1 Å². The van der Waals surface area contributed by atoms with E-state index in [4.69, 9.17) is 0 Å². The van der Waals surface area contributed by atoms with Crippen LogP contribution in [0.3, 0.4) is 0 Å². The lowest BCUT2D eigenvalue weighted by molar-refractivity contribution is 0.101. The number of carbonyl (C=O) groups is 1. The van der Waals surface area contributed by atoms with Crippen LogP contribution in [0.4, 0.5) is 5.69 Å². The lowest BCUT2D eigenvalue weighted by Gasteiger charge is -2.10. The van der Waals surface area contributed by atoms with Crippen molar-refractivity contribution in [1.82, 2.24) is 14.8 Å². The summed E-state index contributed by atoms with van der Waals surface area (Å²) in [6.45, 7) is 10.1. The highest BCUT2D eigenvalue weighted by Gasteiger charge is 2.20. The number of benzene rings is 3. The summed E-state index contributed by atoms with van der Waals surface area (Å²) in [5, 5.41) is 7.57. The highest BCUT2D eigenvalue weighted by atomic mass is 16.2. The van der Waals surface area contributed by atoms with Crippen LogP contribution in [-0.2, 0) is 0 Å². The highest BCUT2D eigenvalue weighted by Crippen LogP contribution is 2.25. The molecule has 0 spiro atoms. The Kier molecular flexibility index (Phi) is 5.42. The van der Waals surface area contributed by atoms with Gasteiger partial charge in [-0.05, 0) is 63.4 Å². The largest absolute Gasteiger partial charge is 0.319 e. The molecule has 0 aliphatic rings. The number of nitrogens with zero attached hydrogens (tertiary/aromatic N) is 3. The number of rotatable bonds is 4. The number of amides is 1. The minimum absolute atomic E-state index is 0.136. The Morgan fingerprint density at radius 3 is 2.13 bits per heavy atom. The first kappa shape index (κ1) is 20.5. The number of nitrogens with one attached hydrogen (secondary N) is 1. The van der Waals surface area contributed by atoms with E-state index < -0.39 is 0 Å². The fraction of sp³-hybridized carbons (Fsp3) is 0.192. The molecular formula is C26H26N4O. The van der Waals surface area contributed by atoms with Gasteiger partial charge in [-0.2, -0.15) is 0 Å². The monoisotopic (exact) mass is 410 g/mol. The summed E-state index contributed by atoms with van der Waals surface area (Å²) in [7, 11) is 0. The summed E-state index contributed by atoms with van der Waals surface area (Å²) >= 11 is 0. The van der Waals surface area contributed by atoms with E-state index in [0.717, 1.165) is 44.8 Å². The van der Waals surface area contributed by atoms with Gasteiger partial charge in [-0.15, -0.1) is 5.10 Å². The van der Waals surface area contributed by atoms with Crippen molar-refractivity contribution in [1.29, 1.82) is 0 Å². The van der Waals surface area contributed by atoms with Gasteiger partial charge in [0, 0.05) is 11.3 Å². The van der Waals surface area contributed by atoms with Gasteiger partial charge in [-0.25, -0.2) is 9.67 Å². The molecular weight excluding hydrogens is 384 g/mol. The van der Waals surface area contributed by atoms with Crippen molar-refractivity contribution in [2.75, 3.05) is 5.32 Å². The summed E-state index contributed by atoms with van der Waals surface area (Å²) < 4.78 is 1.77. The smallest absolute Gasteiger partial charge is 0.295 e. The average Bonchev–Trinajstić information content (AvgIpc) is 3.18. The van der Waals surface area contributed by atoms with Crippen LogP contribution < -0.4 is 5.32 Å². The van der Waals surface area contributed by atoms with E-state index in [-0.39, 0.29) is 11.7 Å². The molecule has 0 aliphatic carbocycles. The normalized spacial score (nSPS) is 10.9. The third-order valence-electron chi connectivity index (χ3n) is 5.34. The third-order valence-corrected chi connectivity index (χ3v) is 5.34. The van der Waals surface area contributed by atoms with Crippen LogP contribution in [0.15, 0.2) is 60.7 Å². The number of anilines is 1. The van der Waals surface area contributed by atoms with Crippen molar-refractivity contribution in [3.05, 3.63) is 94.3 Å². The second-order valence-corrected chi connectivity index (χ2v) is 8.10. The van der Waals surface area contributed by atoms with E-state index in [1.54, 1.807) is 4.68 Å². The molecule has 0 aliphatic heterocycles. The Labute approximate surface area is 182 Å². The summed E-state index contributed by atoms with van der Waals surface area (Å²) in [6, 6.07) is 20.2. The maximum atomic E-state index is 13.0. The van der Waals surface area contributed by atoms with Gasteiger partial charge in [0.2, 0.25) is 5.82 Å². The lowest BCUT2D eigenvalue weighted by Crippen LogP contribution is -2.15. The van der Waals surface area contributed by atoms with Crippen molar-refractivity contribution < 1.29 is 4.79 Å². The maximum Gasteiger partial charge on any atom is 0.295 e. The molecule has 4 aromatic rings. The summed E-state index contributed by atoms with van der Waals surface area (Å²) in [5.41, 5.74) is 8.07.